The molecule has 0 unspecified atom stereocenters. The highest BCUT2D eigenvalue weighted by Gasteiger charge is 2.17. The number of amides is 1. The highest BCUT2D eigenvalue weighted by Crippen LogP contribution is 2.35. The summed E-state index contributed by atoms with van der Waals surface area (Å²) in [4.78, 5) is 18.2. The van der Waals surface area contributed by atoms with E-state index in [2.05, 4.69) is 62.8 Å². The number of rotatable bonds is 3. The van der Waals surface area contributed by atoms with Gasteiger partial charge >= 0.3 is 0 Å². The van der Waals surface area contributed by atoms with E-state index in [1.54, 1.807) is 0 Å². The number of aromatic nitrogens is 3. The van der Waals surface area contributed by atoms with E-state index in [9.17, 15) is 4.79 Å². The number of hydrogen-bond acceptors (Lipinski definition) is 4. The van der Waals surface area contributed by atoms with Crippen molar-refractivity contribution in [2.24, 2.45) is 12.8 Å². The second-order valence-electron chi connectivity index (χ2n) is 8.44. The molecule has 6 rings (SSSR count). The number of nitrogens with zero attached hydrogens (tertiary/aromatic N) is 3. The Morgan fingerprint density at radius 3 is 2.61 bits per heavy atom. The maximum Gasteiger partial charge on any atom is 0.250 e. The Labute approximate surface area is 196 Å². The molecule has 4 N–H and O–H groups in total. The zero-order valence-corrected chi connectivity index (χ0v) is 19.1. The molecular formula is C25H25ClN6O. The van der Waals surface area contributed by atoms with Gasteiger partial charge in [0, 0.05) is 60.6 Å². The molecule has 1 aliphatic heterocycles. The number of H-pyrrole nitrogens is 1. The molecule has 3 aromatic carbocycles. The largest absolute Gasteiger partial charge is 0.369 e. The third-order valence-electron chi connectivity index (χ3n) is 6.52. The van der Waals surface area contributed by atoms with E-state index in [1.165, 1.54) is 5.69 Å². The molecule has 0 aliphatic carbocycles. The summed E-state index contributed by atoms with van der Waals surface area (Å²) in [6, 6.07) is 16.7. The Hall–Kier alpha value is -3.55. The van der Waals surface area contributed by atoms with Gasteiger partial charge in [0.25, 0.3) is 5.91 Å². The fourth-order valence-corrected chi connectivity index (χ4v) is 4.82. The van der Waals surface area contributed by atoms with Crippen molar-refractivity contribution in [1.29, 1.82) is 0 Å². The fourth-order valence-electron chi connectivity index (χ4n) is 4.82. The molecule has 1 aliphatic rings. The Morgan fingerprint density at radius 2 is 1.82 bits per heavy atom. The zero-order valence-electron chi connectivity index (χ0n) is 18.3. The number of piperazine rings is 1. The average molecular weight is 461 g/mol. The first-order valence-corrected chi connectivity index (χ1v) is 10.9. The van der Waals surface area contributed by atoms with Gasteiger partial charge in [-0.1, -0.05) is 12.1 Å². The predicted molar refractivity (Wildman–Crippen MR) is 136 cm³/mol. The third kappa shape index (κ3) is 3.50. The van der Waals surface area contributed by atoms with E-state index in [4.69, 9.17) is 5.73 Å². The van der Waals surface area contributed by atoms with Crippen LogP contribution >= 0.6 is 12.4 Å². The quantitative estimate of drug-likeness (QED) is 0.382. The number of nitrogens with two attached hydrogens (primary N) is 1. The molecule has 3 heterocycles. The molecule has 0 bridgehead atoms. The van der Waals surface area contributed by atoms with Crippen LogP contribution in [0.1, 0.15) is 10.4 Å². The molecule has 1 amide bonds. The molecule has 5 aromatic rings. The maximum absolute atomic E-state index is 12.4. The van der Waals surface area contributed by atoms with Gasteiger partial charge in [0.1, 0.15) is 0 Å². The Kier molecular flexibility index (Phi) is 5.23. The topological polar surface area (TPSA) is 92.0 Å². The monoisotopic (exact) mass is 460 g/mol. The van der Waals surface area contributed by atoms with Gasteiger partial charge < -0.3 is 20.9 Å². The number of aryl methyl sites for hydroxylation is 1. The van der Waals surface area contributed by atoms with Crippen molar-refractivity contribution in [3.8, 4) is 11.1 Å². The minimum absolute atomic E-state index is 0. The molecule has 2 aromatic heterocycles. The van der Waals surface area contributed by atoms with Crippen molar-refractivity contribution < 1.29 is 4.79 Å². The van der Waals surface area contributed by atoms with Crippen LogP contribution in [0.15, 0.2) is 54.7 Å². The van der Waals surface area contributed by atoms with Crippen molar-refractivity contribution in [1.82, 2.24) is 20.1 Å². The number of anilines is 1. The lowest BCUT2D eigenvalue weighted by Gasteiger charge is -2.29. The zero-order chi connectivity index (χ0) is 21.8. The third-order valence-corrected chi connectivity index (χ3v) is 6.52. The van der Waals surface area contributed by atoms with Crippen LogP contribution < -0.4 is 16.0 Å². The molecule has 33 heavy (non-hydrogen) atoms. The van der Waals surface area contributed by atoms with Crippen LogP contribution in [0, 0.1) is 0 Å². The van der Waals surface area contributed by atoms with Crippen LogP contribution in [-0.4, -0.2) is 46.9 Å². The van der Waals surface area contributed by atoms with Crippen molar-refractivity contribution >= 4 is 56.7 Å². The second kappa shape index (κ2) is 8.10. The molecular weight excluding hydrogens is 436 g/mol. The molecule has 0 saturated carbocycles. The normalized spacial score (nSPS) is 14.2. The van der Waals surface area contributed by atoms with Gasteiger partial charge in [-0.05, 0) is 47.5 Å². The van der Waals surface area contributed by atoms with Crippen molar-refractivity contribution in [2.45, 2.75) is 0 Å². The van der Waals surface area contributed by atoms with Gasteiger partial charge in [-0.25, -0.2) is 0 Å². The van der Waals surface area contributed by atoms with Crippen LogP contribution in [0.5, 0.6) is 0 Å². The first-order chi connectivity index (χ1) is 15.6. The van der Waals surface area contributed by atoms with Gasteiger partial charge in [0.2, 0.25) is 0 Å². The van der Waals surface area contributed by atoms with E-state index >= 15 is 0 Å². The van der Waals surface area contributed by atoms with Crippen molar-refractivity contribution in [2.75, 3.05) is 31.1 Å². The molecule has 7 nitrogen and oxygen atoms in total. The number of primary amides is 1. The van der Waals surface area contributed by atoms with E-state index in [0.717, 1.165) is 70.0 Å². The minimum Gasteiger partial charge on any atom is -0.369 e. The number of fused-ring (bicyclic) bond motifs is 4. The first kappa shape index (κ1) is 21.3. The summed E-state index contributed by atoms with van der Waals surface area (Å²) in [5.74, 6) is -0.437. The lowest BCUT2D eigenvalue weighted by Crippen LogP contribution is -2.43. The van der Waals surface area contributed by atoms with Crippen LogP contribution in [0.2, 0.25) is 0 Å². The number of carbonyl (C=O) groups excluding carboxylic acids is 1. The van der Waals surface area contributed by atoms with Crippen LogP contribution in [0.25, 0.3) is 43.8 Å². The smallest absolute Gasteiger partial charge is 0.250 e. The summed E-state index contributed by atoms with van der Waals surface area (Å²) >= 11 is 0. The summed E-state index contributed by atoms with van der Waals surface area (Å²) < 4.78 is 1.85. The van der Waals surface area contributed by atoms with Crippen LogP contribution in [0.4, 0.5) is 5.69 Å². The number of hydrogen-bond donors (Lipinski definition) is 3. The molecule has 0 spiro atoms. The maximum atomic E-state index is 12.4. The SMILES string of the molecule is Cl.Cn1ncc2cc(-c3cc(C(N)=O)c4[nH]c5cc(N6CCNCC6)ccc5c4c3)ccc21. The Bertz CT molecular complexity index is 1510. The summed E-state index contributed by atoms with van der Waals surface area (Å²) in [5.41, 5.74) is 12.4. The molecule has 1 fully saturated rings. The van der Waals surface area contributed by atoms with Gasteiger partial charge in [0.05, 0.1) is 22.8 Å². The molecule has 1 saturated heterocycles. The van der Waals surface area contributed by atoms with E-state index in [0.29, 0.717) is 5.56 Å². The van der Waals surface area contributed by atoms with Crippen molar-refractivity contribution in [3.63, 3.8) is 0 Å². The van der Waals surface area contributed by atoms with Gasteiger partial charge in [-0.3, -0.25) is 9.48 Å². The number of nitrogens with one attached hydrogen (secondary N) is 2. The molecule has 0 radical (unpaired) electrons. The molecule has 168 valence electrons. The minimum atomic E-state index is -0.437. The van der Waals surface area contributed by atoms with E-state index < -0.39 is 5.91 Å². The number of carbonyl (C=O) groups is 1. The highest BCUT2D eigenvalue weighted by molar-refractivity contribution is 6.16. The fraction of sp³-hybridized carbons (Fsp3) is 0.200. The lowest BCUT2D eigenvalue weighted by molar-refractivity contribution is 0.100. The van der Waals surface area contributed by atoms with Gasteiger partial charge in [0.15, 0.2) is 0 Å². The van der Waals surface area contributed by atoms with E-state index in [1.807, 2.05) is 24.0 Å². The molecule has 0 atom stereocenters. The van der Waals surface area contributed by atoms with E-state index in [-0.39, 0.29) is 12.4 Å². The van der Waals surface area contributed by atoms with Crippen LogP contribution in [-0.2, 0) is 7.05 Å². The highest BCUT2D eigenvalue weighted by atomic mass is 35.5. The number of benzene rings is 3. The van der Waals surface area contributed by atoms with Crippen LogP contribution in [0.3, 0.4) is 0 Å². The van der Waals surface area contributed by atoms with Gasteiger partial charge in [-0.15, -0.1) is 12.4 Å². The predicted octanol–water partition coefficient (Wildman–Crippen LogP) is 3.81. The average Bonchev–Trinajstić information content (AvgIpc) is 3.38. The van der Waals surface area contributed by atoms with Crippen molar-refractivity contribution in [3.05, 3.63) is 60.3 Å². The first-order valence-electron chi connectivity index (χ1n) is 10.9. The summed E-state index contributed by atoms with van der Waals surface area (Å²) in [5, 5.41) is 10.9. The number of halogens is 1. The standard InChI is InChI=1S/C25H24N6O.ClH/c1-30-23-5-2-15(10-17(23)14-28-30)16-11-20-19-4-3-18(31-8-6-27-7-9-31)13-22(19)29-24(20)21(12-16)25(26)32;/h2-5,10-14,27,29H,6-9H2,1H3,(H2,26,32);1H. The summed E-state index contributed by atoms with van der Waals surface area (Å²) in [6.45, 7) is 3.95. The summed E-state index contributed by atoms with van der Waals surface area (Å²) in [6.07, 6.45) is 1.86. The summed E-state index contributed by atoms with van der Waals surface area (Å²) in [7, 11) is 1.93. The second-order valence-corrected chi connectivity index (χ2v) is 8.44. The Balaban J connectivity index is 0.00000228. The lowest BCUT2D eigenvalue weighted by atomic mass is 9.98. The Morgan fingerprint density at radius 1 is 1.00 bits per heavy atom. The number of aromatic amines is 1. The molecule has 8 heteroatoms. The van der Waals surface area contributed by atoms with Gasteiger partial charge in [-0.2, -0.15) is 5.10 Å².